The Morgan fingerprint density at radius 3 is 2.85 bits per heavy atom. The number of rotatable bonds is 6. The van der Waals surface area contributed by atoms with Crippen LogP contribution < -0.4 is 11.1 Å². The lowest BCUT2D eigenvalue weighted by Crippen LogP contribution is -2.54. The molecule has 4 fully saturated rings. The molecule has 0 aromatic carbocycles. The summed E-state index contributed by atoms with van der Waals surface area (Å²) in [5.74, 6) is 2.54. The van der Waals surface area contributed by atoms with E-state index < -0.39 is 0 Å². The first-order chi connectivity index (χ1) is 15.9. The number of nitrogens with zero attached hydrogens (tertiary/aromatic N) is 3. The highest BCUT2D eigenvalue weighted by Gasteiger charge is 2.53. The third-order valence-electron chi connectivity index (χ3n) is 8.84. The van der Waals surface area contributed by atoms with Gasteiger partial charge >= 0.3 is 0 Å². The van der Waals surface area contributed by atoms with Gasteiger partial charge in [-0.2, -0.15) is 0 Å². The second-order valence-corrected chi connectivity index (χ2v) is 11.0. The highest BCUT2D eigenvalue weighted by Crippen LogP contribution is 2.61. The highest BCUT2D eigenvalue weighted by molar-refractivity contribution is 5.93. The number of amides is 2. The van der Waals surface area contributed by atoms with Crippen LogP contribution in [-0.2, 0) is 11.2 Å². The van der Waals surface area contributed by atoms with Crippen molar-refractivity contribution >= 4 is 17.5 Å². The van der Waals surface area contributed by atoms with Crippen LogP contribution >= 0.6 is 0 Å². The number of hydrogen-bond acceptors (Lipinski definition) is 4. The van der Waals surface area contributed by atoms with Gasteiger partial charge in [0.1, 0.15) is 11.3 Å². The van der Waals surface area contributed by atoms with Crippen molar-refractivity contribution in [2.45, 2.75) is 52.4 Å². The number of imidazole rings is 1. The fourth-order valence-corrected chi connectivity index (χ4v) is 6.60. The predicted molar refractivity (Wildman–Crippen MR) is 128 cm³/mol. The van der Waals surface area contributed by atoms with E-state index in [1.807, 2.05) is 33.7 Å². The molecule has 1 aliphatic heterocycles. The molecule has 6 rings (SSSR count). The zero-order valence-corrected chi connectivity index (χ0v) is 19.9. The number of piperidine rings is 1. The van der Waals surface area contributed by atoms with Gasteiger partial charge in [0.15, 0.2) is 0 Å². The van der Waals surface area contributed by atoms with Gasteiger partial charge in [-0.05, 0) is 79.9 Å². The zero-order valence-electron chi connectivity index (χ0n) is 19.9. The smallest absolute Gasteiger partial charge is 0.268 e. The van der Waals surface area contributed by atoms with Crippen molar-refractivity contribution in [1.29, 1.82) is 0 Å². The summed E-state index contributed by atoms with van der Waals surface area (Å²) in [6.45, 7) is 7.64. The average Bonchev–Trinajstić information content (AvgIpc) is 3.24. The summed E-state index contributed by atoms with van der Waals surface area (Å²) in [6, 6.07) is 5.57. The van der Waals surface area contributed by atoms with Crippen LogP contribution in [-0.4, -0.2) is 52.3 Å². The summed E-state index contributed by atoms with van der Waals surface area (Å²) in [7, 11) is 0. The third-order valence-corrected chi connectivity index (χ3v) is 8.84. The minimum Gasteiger partial charge on any atom is -0.350 e. The monoisotopic (exact) mass is 451 g/mol. The first-order valence-electron chi connectivity index (χ1n) is 12.6. The van der Waals surface area contributed by atoms with Crippen LogP contribution in [0.2, 0.25) is 0 Å². The van der Waals surface area contributed by atoms with Gasteiger partial charge in [0.05, 0.1) is 12.1 Å². The van der Waals surface area contributed by atoms with E-state index in [1.165, 1.54) is 19.3 Å². The molecule has 1 unspecified atom stereocenters. The minimum absolute atomic E-state index is 0.0723. The molecule has 4 atom stereocenters. The van der Waals surface area contributed by atoms with Crippen LogP contribution in [0.15, 0.2) is 24.4 Å². The SMILES string of the molecule is CC1(C)[C@@H]2CC[C@@H](CNC(=O)c3cccc4nc(CC(=O)N5CCCC(CN)C5)cn34)[C@@H]1C2. The van der Waals surface area contributed by atoms with E-state index in [1.54, 1.807) is 0 Å². The number of carbonyl (C=O) groups is 2. The summed E-state index contributed by atoms with van der Waals surface area (Å²) < 4.78 is 1.82. The molecule has 3 saturated carbocycles. The molecule has 7 nitrogen and oxygen atoms in total. The van der Waals surface area contributed by atoms with E-state index in [-0.39, 0.29) is 18.2 Å². The summed E-state index contributed by atoms with van der Waals surface area (Å²) in [5.41, 5.74) is 8.20. The molecule has 1 saturated heterocycles. The fourth-order valence-electron chi connectivity index (χ4n) is 6.60. The molecular weight excluding hydrogens is 414 g/mol. The average molecular weight is 452 g/mol. The molecule has 2 aromatic heterocycles. The molecule has 178 valence electrons. The van der Waals surface area contributed by atoms with E-state index in [0.29, 0.717) is 46.7 Å². The summed E-state index contributed by atoms with van der Waals surface area (Å²) in [6.07, 6.45) is 7.98. The van der Waals surface area contributed by atoms with Gasteiger partial charge in [0.25, 0.3) is 5.91 Å². The van der Waals surface area contributed by atoms with Gasteiger partial charge in [-0.3, -0.25) is 14.0 Å². The van der Waals surface area contributed by atoms with Gasteiger partial charge < -0.3 is 16.0 Å². The topological polar surface area (TPSA) is 92.7 Å². The molecule has 4 aliphatic rings. The van der Waals surface area contributed by atoms with E-state index in [0.717, 1.165) is 38.4 Å². The molecular formula is C26H37N5O2. The van der Waals surface area contributed by atoms with E-state index >= 15 is 0 Å². The number of fused-ring (bicyclic) bond motifs is 3. The fraction of sp³-hybridized carbons (Fsp3) is 0.654. The second-order valence-electron chi connectivity index (χ2n) is 11.0. The molecule has 33 heavy (non-hydrogen) atoms. The van der Waals surface area contributed by atoms with Crippen LogP contribution in [0, 0.1) is 29.1 Å². The normalized spacial score (nSPS) is 28.4. The number of pyridine rings is 1. The molecule has 2 amide bonds. The van der Waals surface area contributed by atoms with E-state index in [9.17, 15) is 9.59 Å². The zero-order chi connectivity index (χ0) is 23.2. The standard InChI is InChI=1S/C26H37N5O2/c1-26(2)19-9-8-18(21(26)11-19)14-28-25(33)22-6-3-7-23-29-20(16-31(22)23)12-24(32)30-10-4-5-17(13-27)15-30/h3,6-7,16-19,21H,4-5,8-15,27H2,1-2H3,(H,28,33)/t17?,18-,19+,21-/m0/s1. The van der Waals surface area contributed by atoms with Crippen molar-refractivity contribution in [2.24, 2.45) is 34.8 Å². The minimum atomic E-state index is -0.0723. The van der Waals surface area contributed by atoms with Crippen molar-refractivity contribution in [2.75, 3.05) is 26.2 Å². The van der Waals surface area contributed by atoms with Crippen molar-refractivity contribution in [3.05, 3.63) is 35.8 Å². The van der Waals surface area contributed by atoms with E-state index in [2.05, 4.69) is 24.1 Å². The number of nitrogens with one attached hydrogen (secondary N) is 1. The van der Waals surface area contributed by atoms with Gasteiger partial charge in [-0.25, -0.2) is 4.98 Å². The summed E-state index contributed by atoms with van der Waals surface area (Å²) in [5, 5.41) is 3.19. The lowest BCUT2D eigenvalue weighted by atomic mass is 9.45. The Labute approximate surface area is 196 Å². The van der Waals surface area contributed by atoms with Gasteiger partial charge in [0.2, 0.25) is 5.91 Å². The Kier molecular flexibility index (Phi) is 5.93. The molecule has 0 radical (unpaired) electrons. The molecule has 3 heterocycles. The van der Waals surface area contributed by atoms with Crippen molar-refractivity contribution < 1.29 is 9.59 Å². The predicted octanol–water partition coefficient (Wildman–Crippen LogP) is 2.88. The maximum atomic E-state index is 13.1. The number of nitrogens with two attached hydrogens (primary N) is 1. The Morgan fingerprint density at radius 2 is 2.09 bits per heavy atom. The molecule has 2 aromatic rings. The quantitative estimate of drug-likeness (QED) is 0.706. The van der Waals surface area contributed by atoms with Crippen LogP contribution in [0.4, 0.5) is 0 Å². The number of hydrogen-bond donors (Lipinski definition) is 2. The van der Waals surface area contributed by atoms with Crippen LogP contribution in [0.25, 0.3) is 5.65 Å². The van der Waals surface area contributed by atoms with Gasteiger partial charge in [-0.1, -0.05) is 19.9 Å². The highest BCUT2D eigenvalue weighted by atomic mass is 16.2. The number of aromatic nitrogens is 2. The Bertz CT molecular complexity index is 1040. The van der Waals surface area contributed by atoms with Crippen LogP contribution in [0.1, 0.15) is 62.1 Å². The van der Waals surface area contributed by atoms with Crippen LogP contribution in [0.5, 0.6) is 0 Å². The van der Waals surface area contributed by atoms with E-state index in [4.69, 9.17) is 5.73 Å². The lowest BCUT2D eigenvalue weighted by Gasteiger charge is -2.60. The lowest BCUT2D eigenvalue weighted by molar-refractivity contribution is -0.132. The Balaban J connectivity index is 1.25. The summed E-state index contributed by atoms with van der Waals surface area (Å²) >= 11 is 0. The number of carbonyl (C=O) groups excluding carboxylic acids is 2. The first kappa shape index (κ1) is 22.4. The largest absolute Gasteiger partial charge is 0.350 e. The first-order valence-corrected chi connectivity index (χ1v) is 12.6. The molecule has 2 bridgehead atoms. The maximum Gasteiger partial charge on any atom is 0.268 e. The second kappa shape index (κ2) is 8.75. The summed E-state index contributed by atoms with van der Waals surface area (Å²) in [4.78, 5) is 32.5. The Morgan fingerprint density at radius 1 is 1.24 bits per heavy atom. The molecule has 3 aliphatic carbocycles. The molecule has 7 heteroatoms. The number of likely N-dealkylation sites (tertiary alicyclic amines) is 1. The van der Waals surface area contributed by atoms with Crippen LogP contribution in [0.3, 0.4) is 0 Å². The van der Waals surface area contributed by atoms with Crippen molar-refractivity contribution in [3.8, 4) is 0 Å². The van der Waals surface area contributed by atoms with Gasteiger partial charge in [0, 0.05) is 25.8 Å². The Hall–Kier alpha value is -2.41. The maximum absolute atomic E-state index is 13.1. The molecule has 3 N–H and O–H groups in total. The molecule has 0 spiro atoms. The van der Waals surface area contributed by atoms with Crippen molar-refractivity contribution in [3.63, 3.8) is 0 Å². The third kappa shape index (κ3) is 4.16. The van der Waals surface area contributed by atoms with Crippen molar-refractivity contribution in [1.82, 2.24) is 19.6 Å². The van der Waals surface area contributed by atoms with Gasteiger partial charge in [-0.15, -0.1) is 0 Å².